The SMILES string of the molecule is CCCCCC(C)C.CCCCCCCCCC. The predicted molar refractivity (Wildman–Crippen MR) is 87.3 cm³/mol. The van der Waals surface area contributed by atoms with Crippen molar-refractivity contribution in [2.75, 3.05) is 0 Å². The molecule has 0 aromatic rings. The summed E-state index contributed by atoms with van der Waals surface area (Å²) in [5.74, 6) is 0.904. The first-order chi connectivity index (χ1) is 8.68. The van der Waals surface area contributed by atoms with Gasteiger partial charge < -0.3 is 0 Å². The molecule has 0 fully saturated rings. The minimum absolute atomic E-state index is 0.904. The Morgan fingerprint density at radius 1 is 0.500 bits per heavy atom. The van der Waals surface area contributed by atoms with Crippen molar-refractivity contribution in [1.82, 2.24) is 0 Å². The summed E-state index contributed by atoms with van der Waals surface area (Å²) < 4.78 is 0. The van der Waals surface area contributed by atoms with Gasteiger partial charge in [-0.05, 0) is 5.92 Å². The van der Waals surface area contributed by atoms with Crippen LogP contribution in [0, 0.1) is 5.92 Å². The van der Waals surface area contributed by atoms with Gasteiger partial charge in [0, 0.05) is 0 Å². The second-order valence-electron chi connectivity index (χ2n) is 6.01. The third kappa shape index (κ3) is 25.0. The maximum Gasteiger partial charge on any atom is -0.0471 e. The van der Waals surface area contributed by atoms with E-state index in [2.05, 4.69) is 34.6 Å². The van der Waals surface area contributed by atoms with Crippen molar-refractivity contribution in [3.63, 3.8) is 0 Å². The highest BCUT2D eigenvalue weighted by Crippen LogP contribution is 2.07. The summed E-state index contributed by atoms with van der Waals surface area (Å²) in [5, 5.41) is 0. The summed E-state index contributed by atoms with van der Waals surface area (Å²) in [4.78, 5) is 0. The van der Waals surface area contributed by atoms with Crippen LogP contribution in [0.3, 0.4) is 0 Å². The Labute approximate surface area is 118 Å². The molecule has 0 aromatic heterocycles. The first kappa shape index (κ1) is 20.3. The Bertz CT molecular complexity index is 107. The molecular formula is C18H40. The van der Waals surface area contributed by atoms with E-state index in [9.17, 15) is 0 Å². The second-order valence-corrected chi connectivity index (χ2v) is 6.01. The van der Waals surface area contributed by atoms with Crippen LogP contribution in [0.4, 0.5) is 0 Å². The molecule has 0 aliphatic heterocycles. The van der Waals surface area contributed by atoms with Crippen LogP contribution in [0.5, 0.6) is 0 Å². The van der Waals surface area contributed by atoms with E-state index in [1.165, 1.54) is 77.0 Å². The lowest BCUT2D eigenvalue weighted by molar-refractivity contribution is 0.534. The summed E-state index contributed by atoms with van der Waals surface area (Å²) in [6.45, 7) is 11.4. The zero-order valence-electron chi connectivity index (χ0n) is 14.1. The van der Waals surface area contributed by atoms with Crippen LogP contribution in [0.1, 0.15) is 112 Å². The Morgan fingerprint density at radius 3 is 1.17 bits per heavy atom. The van der Waals surface area contributed by atoms with Crippen LogP contribution in [0.2, 0.25) is 0 Å². The fraction of sp³-hybridized carbons (Fsp3) is 1.00. The number of unbranched alkanes of at least 4 members (excludes halogenated alkanes) is 9. The molecule has 0 spiro atoms. The van der Waals surface area contributed by atoms with Gasteiger partial charge in [0.05, 0.1) is 0 Å². The third-order valence-electron chi connectivity index (χ3n) is 3.34. The minimum Gasteiger partial charge on any atom is -0.0654 e. The summed E-state index contributed by atoms with van der Waals surface area (Å²) in [6, 6.07) is 0. The molecule has 0 aliphatic carbocycles. The van der Waals surface area contributed by atoms with Crippen molar-refractivity contribution in [3.05, 3.63) is 0 Å². The molecule has 0 heteroatoms. The van der Waals surface area contributed by atoms with Gasteiger partial charge in [0.15, 0.2) is 0 Å². The standard InChI is InChI=1S/C10H22.C8H18/c1-3-5-7-9-10-8-6-4-2;1-4-5-6-7-8(2)3/h3-10H2,1-2H3;8H,4-7H2,1-3H3. The molecule has 0 atom stereocenters. The van der Waals surface area contributed by atoms with Gasteiger partial charge in [-0.15, -0.1) is 0 Å². The van der Waals surface area contributed by atoms with E-state index in [1.807, 2.05) is 0 Å². The Balaban J connectivity index is 0. The lowest BCUT2D eigenvalue weighted by Gasteiger charge is -2.00. The summed E-state index contributed by atoms with van der Waals surface area (Å²) in [6.07, 6.45) is 17.1. The Hall–Kier alpha value is 0. The van der Waals surface area contributed by atoms with Crippen LogP contribution < -0.4 is 0 Å². The number of hydrogen-bond acceptors (Lipinski definition) is 0. The quantitative estimate of drug-likeness (QED) is 0.338. The highest BCUT2D eigenvalue weighted by molar-refractivity contribution is 4.44. The van der Waals surface area contributed by atoms with Gasteiger partial charge in [-0.1, -0.05) is 112 Å². The van der Waals surface area contributed by atoms with Crippen LogP contribution in [0.25, 0.3) is 0 Å². The van der Waals surface area contributed by atoms with Gasteiger partial charge in [-0.3, -0.25) is 0 Å². The van der Waals surface area contributed by atoms with Crippen LogP contribution in [-0.4, -0.2) is 0 Å². The monoisotopic (exact) mass is 256 g/mol. The molecule has 0 heterocycles. The zero-order chi connectivity index (χ0) is 14.1. The Kier molecular flexibility index (Phi) is 21.8. The fourth-order valence-corrected chi connectivity index (χ4v) is 2.01. The van der Waals surface area contributed by atoms with Gasteiger partial charge in [0.25, 0.3) is 0 Å². The van der Waals surface area contributed by atoms with E-state index in [1.54, 1.807) is 0 Å². The number of hydrogen-bond donors (Lipinski definition) is 0. The van der Waals surface area contributed by atoms with Gasteiger partial charge in [0.1, 0.15) is 0 Å². The smallest absolute Gasteiger partial charge is 0.0471 e. The normalized spacial score (nSPS) is 10.3. The fourth-order valence-electron chi connectivity index (χ4n) is 2.01. The van der Waals surface area contributed by atoms with E-state index >= 15 is 0 Å². The molecule has 0 amide bonds. The third-order valence-corrected chi connectivity index (χ3v) is 3.34. The number of rotatable bonds is 11. The molecule has 0 nitrogen and oxygen atoms in total. The molecule has 0 aliphatic rings. The zero-order valence-corrected chi connectivity index (χ0v) is 14.1. The van der Waals surface area contributed by atoms with E-state index in [-0.39, 0.29) is 0 Å². The average Bonchev–Trinajstić information content (AvgIpc) is 2.34. The molecule has 0 N–H and O–H groups in total. The molecule has 0 saturated heterocycles. The largest absolute Gasteiger partial charge is 0.0654 e. The molecule has 0 saturated carbocycles. The predicted octanol–water partition coefficient (Wildman–Crippen LogP) is 7.37. The molecule has 0 bridgehead atoms. The lowest BCUT2D eigenvalue weighted by Crippen LogP contribution is -1.85. The molecular weight excluding hydrogens is 216 g/mol. The molecule has 0 rings (SSSR count). The van der Waals surface area contributed by atoms with Crippen LogP contribution >= 0.6 is 0 Å². The topological polar surface area (TPSA) is 0 Å². The maximum absolute atomic E-state index is 2.29. The summed E-state index contributed by atoms with van der Waals surface area (Å²) in [5.41, 5.74) is 0. The minimum atomic E-state index is 0.904. The molecule has 0 radical (unpaired) electrons. The highest BCUT2D eigenvalue weighted by Gasteiger charge is 1.90. The van der Waals surface area contributed by atoms with Crippen LogP contribution in [0.15, 0.2) is 0 Å². The Morgan fingerprint density at radius 2 is 0.833 bits per heavy atom. The van der Waals surface area contributed by atoms with Crippen molar-refractivity contribution in [3.8, 4) is 0 Å². The van der Waals surface area contributed by atoms with Crippen molar-refractivity contribution in [2.24, 2.45) is 5.92 Å². The molecule has 0 aromatic carbocycles. The van der Waals surface area contributed by atoms with E-state index in [0.717, 1.165) is 5.92 Å². The average molecular weight is 257 g/mol. The molecule has 0 unspecified atom stereocenters. The second kappa shape index (κ2) is 19.3. The highest BCUT2D eigenvalue weighted by atomic mass is 14.0. The van der Waals surface area contributed by atoms with E-state index in [0.29, 0.717) is 0 Å². The molecule has 18 heavy (non-hydrogen) atoms. The summed E-state index contributed by atoms with van der Waals surface area (Å²) >= 11 is 0. The first-order valence-corrected chi connectivity index (χ1v) is 8.68. The van der Waals surface area contributed by atoms with Gasteiger partial charge in [0.2, 0.25) is 0 Å². The van der Waals surface area contributed by atoms with Crippen molar-refractivity contribution in [1.29, 1.82) is 0 Å². The van der Waals surface area contributed by atoms with Gasteiger partial charge in [-0.25, -0.2) is 0 Å². The molecule has 112 valence electrons. The van der Waals surface area contributed by atoms with E-state index < -0.39 is 0 Å². The lowest BCUT2D eigenvalue weighted by atomic mass is 10.1. The first-order valence-electron chi connectivity index (χ1n) is 8.68. The maximum atomic E-state index is 2.29. The van der Waals surface area contributed by atoms with Crippen LogP contribution in [-0.2, 0) is 0 Å². The summed E-state index contributed by atoms with van der Waals surface area (Å²) in [7, 11) is 0. The van der Waals surface area contributed by atoms with Crippen molar-refractivity contribution >= 4 is 0 Å². The van der Waals surface area contributed by atoms with Crippen molar-refractivity contribution in [2.45, 2.75) is 112 Å². The van der Waals surface area contributed by atoms with Crippen molar-refractivity contribution < 1.29 is 0 Å². The van der Waals surface area contributed by atoms with E-state index in [4.69, 9.17) is 0 Å². The van der Waals surface area contributed by atoms with Gasteiger partial charge >= 0.3 is 0 Å². The van der Waals surface area contributed by atoms with Gasteiger partial charge in [-0.2, -0.15) is 0 Å².